The van der Waals surface area contributed by atoms with Gasteiger partial charge in [-0.3, -0.25) is 4.79 Å². The van der Waals surface area contributed by atoms with Crippen LogP contribution in [0, 0.1) is 6.92 Å². The molecular formula is C12H14ClN5O. The van der Waals surface area contributed by atoms with E-state index in [0.717, 1.165) is 5.56 Å². The highest BCUT2D eigenvalue weighted by atomic mass is 35.5. The van der Waals surface area contributed by atoms with Gasteiger partial charge in [-0.05, 0) is 13.0 Å². The predicted octanol–water partition coefficient (Wildman–Crippen LogP) is 1.81. The number of carbonyl (C=O) groups excluding carboxylic acids is 1. The second kappa shape index (κ2) is 6.10. The molecule has 2 rings (SSSR count). The number of pyridine rings is 1. The number of nitrogens with one attached hydrogen (secondary N) is 1. The molecule has 0 fully saturated rings. The molecule has 0 spiro atoms. The van der Waals surface area contributed by atoms with Crippen molar-refractivity contribution in [3.05, 3.63) is 30.4 Å². The summed E-state index contributed by atoms with van der Waals surface area (Å²) in [5.74, 6) is 0.903. The average Bonchev–Trinajstić information content (AvgIpc) is 2.28. The van der Waals surface area contributed by atoms with Gasteiger partial charge in [0.25, 0.3) is 0 Å². The highest BCUT2D eigenvalue weighted by Gasteiger charge is 2.07. The molecule has 0 unspecified atom stereocenters. The highest BCUT2D eigenvalue weighted by Crippen LogP contribution is 2.24. The van der Waals surface area contributed by atoms with Crippen LogP contribution in [0.1, 0.15) is 12.7 Å². The lowest BCUT2D eigenvalue weighted by atomic mass is 10.1. The Morgan fingerprint density at radius 3 is 2.68 bits per heavy atom. The maximum absolute atomic E-state index is 10.9. The van der Waals surface area contributed by atoms with Crippen molar-refractivity contribution in [1.29, 1.82) is 0 Å². The minimum absolute atomic E-state index is 0. The number of hydrogen-bond donors (Lipinski definition) is 2. The van der Waals surface area contributed by atoms with E-state index < -0.39 is 0 Å². The van der Waals surface area contributed by atoms with Crippen molar-refractivity contribution >= 4 is 29.8 Å². The van der Waals surface area contributed by atoms with Crippen molar-refractivity contribution in [2.75, 3.05) is 11.1 Å². The number of nitrogen functional groups attached to an aromatic ring is 1. The van der Waals surface area contributed by atoms with Crippen molar-refractivity contribution in [3.8, 4) is 11.3 Å². The number of halogens is 1. The predicted molar refractivity (Wildman–Crippen MR) is 76.0 cm³/mol. The lowest BCUT2D eigenvalue weighted by molar-refractivity contribution is -0.114. The third kappa shape index (κ3) is 3.62. The zero-order valence-electron chi connectivity index (χ0n) is 10.5. The largest absolute Gasteiger partial charge is 0.398 e. The van der Waals surface area contributed by atoms with Crippen LogP contribution in [0.2, 0.25) is 0 Å². The molecule has 2 aromatic rings. The Bertz CT molecular complexity index is 602. The van der Waals surface area contributed by atoms with E-state index in [-0.39, 0.29) is 18.3 Å². The van der Waals surface area contributed by atoms with Crippen molar-refractivity contribution in [1.82, 2.24) is 15.0 Å². The quantitative estimate of drug-likeness (QED) is 0.874. The van der Waals surface area contributed by atoms with E-state index >= 15 is 0 Å². The van der Waals surface area contributed by atoms with Crippen LogP contribution in [-0.2, 0) is 4.79 Å². The maximum atomic E-state index is 10.9. The van der Waals surface area contributed by atoms with E-state index in [1.165, 1.54) is 6.92 Å². The lowest BCUT2D eigenvalue weighted by Crippen LogP contribution is -2.08. The maximum Gasteiger partial charge on any atom is 0.222 e. The number of anilines is 2. The molecule has 0 bridgehead atoms. The first-order valence-corrected chi connectivity index (χ1v) is 5.39. The number of aromatic nitrogens is 3. The van der Waals surface area contributed by atoms with Gasteiger partial charge in [0.2, 0.25) is 5.91 Å². The molecule has 7 heteroatoms. The van der Waals surface area contributed by atoms with Gasteiger partial charge in [0.1, 0.15) is 11.6 Å². The van der Waals surface area contributed by atoms with E-state index in [2.05, 4.69) is 20.3 Å². The van der Waals surface area contributed by atoms with Gasteiger partial charge in [-0.25, -0.2) is 15.0 Å². The van der Waals surface area contributed by atoms with Crippen molar-refractivity contribution in [3.63, 3.8) is 0 Å². The normalized spacial score (nSPS) is 9.58. The summed E-state index contributed by atoms with van der Waals surface area (Å²) in [6.07, 6.45) is 3.25. The molecule has 0 aromatic carbocycles. The fourth-order valence-corrected chi connectivity index (χ4v) is 1.54. The second-order valence-corrected chi connectivity index (χ2v) is 3.83. The Balaban J connectivity index is 0.00000180. The Hall–Kier alpha value is -2.21. The summed E-state index contributed by atoms with van der Waals surface area (Å²) in [4.78, 5) is 23.3. The summed E-state index contributed by atoms with van der Waals surface area (Å²) < 4.78 is 0. The van der Waals surface area contributed by atoms with Crippen LogP contribution in [0.25, 0.3) is 11.3 Å². The molecule has 0 saturated heterocycles. The average molecular weight is 280 g/mol. The van der Waals surface area contributed by atoms with Crippen LogP contribution in [0.3, 0.4) is 0 Å². The summed E-state index contributed by atoms with van der Waals surface area (Å²) >= 11 is 0. The summed E-state index contributed by atoms with van der Waals surface area (Å²) in [5.41, 5.74) is 7.86. The van der Waals surface area contributed by atoms with Gasteiger partial charge in [0.05, 0.1) is 5.69 Å². The van der Waals surface area contributed by atoms with E-state index in [0.29, 0.717) is 23.0 Å². The molecule has 0 atom stereocenters. The summed E-state index contributed by atoms with van der Waals surface area (Å²) in [5, 5.41) is 2.57. The topological polar surface area (TPSA) is 93.8 Å². The molecule has 3 N–H and O–H groups in total. The summed E-state index contributed by atoms with van der Waals surface area (Å²) in [6, 6.07) is 3.37. The zero-order chi connectivity index (χ0) is 13.1. The monoisotopic (exact) mass is 279 g/mol. The number of aryl methyl sites for hydroxylation is 1. The Labute approximate surface area is 116 Å². The number of rotatable bonds is 2. The zero-order valence-corrected chi connectivity index (χ0v) is 11.4. The fourth-order valence-electron chi connectivity index (χ4n) is 1.54. The van der Waals surface area contributed by atoms with Crippen LogP contribution >= 0.6 is 12.4 Å². The van der Waals surface area contributed by atoms with Crippen LogP contribution in [0.4, 0.5) is 11.5 Å². The van der Waals surface area contributed by atoms with E-state index in [1.807, 2.05) is 0 Å². The molecule has 6 nitrogen and oxygen atoms in total. The van der Waals surface area contributed by atoms with Gasteiger partial charge in [-0.15, -0.1) is 12.4 Å². The van der Waals surface area contributed by atoms with Crippen LogP contribution in [-0.4, -0.2) is 20.9 Å². The number of nitrogens with zero attached hydrogens (tertiary/aromatic N) is 3. The molecule has 0 saturated carbocycles. The Morgan fingerprint density at radius 2 is 2.11 bits per heavy atom. The van der Waals surface area contributed by atoms with Gasteiger partial charge in [0, 0.05) is 36.6 Å². The van der Waals surface area contributed by atoms with Crippen molar-refractivity contribution in [2.45, 2.75) is 13.8 Å². The first-order valence-electron chi connectivity index (χ1n) is 5.39. The summed E-state index contributed by atoms with van der Waals surface area (Å²) in [6.45, 7) is 3.22. The van der Waals surface area contributed by atoms with Gasteiger partial charge < -0.3 is 11.1 Å². The Morgan fingerprint density at radius 1 is 1.37 bits per heavy atom. The van der Waals surface area contributed by atoms with E-state index in [1.54, 1.807) is 31.5 Å². The van der Waals surface area contributed by atoms with Crippen LogP contribution < -0.4 is 11.1 Å². The van der Waals surface area contributed by atoms with Gasteiger partial charge in [-0.1, -0.05) is 0 Å². The third-order valence-corrected chi connectivity index (χ3v) is 2.29. The van der Waals surface area contributed by atoms with E-state index in [4.69, 9.17) is 5.73 Å². The van der Waals surface area contributed by atoms with Gasteiger partial charge >= 0.3 is 0 Å². The molecule has 2 aromatic heterocycles. The Kier molecular flexibility index (Phi) is 4.77. The number of carbonyl (C=O) groups is 1. The lowest BCUT2D eigenvalue weighted by Gasteiger charge is -2.07. The molecule has 0 aliphatic carbocycles. The minimum atomic E-state index is -0.187. The molecule has 100 valence electrons. The third-order valence-electron chi connectivity index (χ3n) is 2.29. The molecule has 19 heavy (non-hydrogen) atoms. The molecule has 2 heterocycles. The van der Waals surface area contributed by atoms with Crippen molar-refractivity contribution in [2.24, 2.45) is 0 Å². The summed E-state index contributed by atoms with van der Waals surface area (Å²) in [7, 11) is 0. The second-order valence-electron chi connectivity index (χ2n) is 3.83. The molecular weight excluding hydrogens is 266 g/mol. The van der Waals surface area contributed by atoms with Gasteiger partial charge in [-0.2, -0.15) is 0 Å². The van der Waals surface area contributed by atoms with Gasteiger partial charge in [0.15, 0.2) is 0 Å². The highest BCUT2D eigenvalue weighted by molar-refractivity contribution is 5.89. The van der Waals surface area contributed by atoms with Crippen molar-refractivity contribution < 1.29 is 4.79 Å². The fraction of sp³-hybridized carbons (Fsp3) is 0.167. The number of nitrogens with two attached hydrogens (primary N) is 1. The number of hydrogen-bond acceptors (Lipinski definition) is 5. The molecule has 0 radical (unpaired) electrons. The first-order chi connectivity index (χ1) is 8.56. The smallest absolute Gasteiger partial charge is 0.222 e. The first kappa shape index (κ1) is 14.8. The SMILES string of the molecule is CC(=O)Nc1cc(N)c(-c2ccnc(C)n2)cn1.Cl. The van der Waals surface area contributed by atoms with Crippen LogP contribution in [0.5, 0.6) is 0 Å². The minimum Gasteiger partial charge on any atom is -0.398 e. The molecule has 1 amide bonds. The molecule has 0 aliphatic heterocycles. The van der Waals surface area contributed by atoms with Crippen LogP contribution in [0.15, 0.2) is 24.5 Å². The standard InChI is InChI=1S/C12H13N5O.ClH/c1-7-14-4-3-11(16-7)9-6-15-12(5-10(9)13)17-8(2)18;/h3-6H,1-2H3,(H3,13,15,17,18);1H. The molecule has 0 aliphatic rings. The van der Waals surface area contributed by atoms with E-state index in [9.17, 15) is 4.79 Å². The number of amides is 1.